The summed E-state index contributed by atoms with van der Waals surface area (Å²) in [6, 6.07) is 12.5. The standard InChI is InChI=1S/C29H30N2O6/c1-3-12-30-22-9-5-4-8-21(22)29(28(30)35)24(26(33)27(34)31(29)16-20-7-6-13-36-20)25(32)18-10-11-23-19(15-18)14-17(2)37-23/h4-5,8-11,15,17,20,32H,3,6-7,12-14,16H2,1-2H3/b25-24+. The summed E-state index contributed by atoms with van der Waals surface area (Å²) in [5.41, 5.74) is 0.535. The van der Waals surface area contributed by atoms with E-state index in [-0.39, 0.29) is 30.1 Å². The van der Waals surface area contributed by atoms with E-state index in [4.69, 9.17) is 9.47 Å². The summed E-state index contributed by atoms with van der Waals surface area (Å²) in [6.07, 6.45) is 2.67. The van der Waals surface area contributed by atoms with Crippen LogP contribution >= 0.6 is 0 Å². The molecular weight excluding hydrogens is 472 g/mol. The van der Waals surface area contributed by atoms with Gasteiger partial charge in [0, 0.05) is 37.2 Å². The first-order chi connectivity index (χ1) is 17.9. The van der Waals surface area contributed by atoms with Gasteiger partial charge in [0.05, 0.1) is 17.4 Å². The van der Waals surface area contributed by atoms with Gasteiger partial charge in [0.2, 0.25) is 0 Å². The van der Waals surface area contributed by atoms with Crippen LogP contribution in [0, 0.1) is 0 Å². The number of aliphatic hydroxyl groups is 1. The molecule has 0 radical (unpaired) electrons. The van der Waals surface area contributed by atoms with E-state index in [1.165, 1.54) is 4.90 Å². The number of fused-ring (bicyclic) bond motifs is 3. The van der Waals surface area contributed by atoms with Crippen molar-refractivity contribution in [2.75, 3.05) is 24.6 Å². The van der Waals surface area contributed by atoms with Gasteiger partial charge in [0.25, 0.3) is 17.6 Å². The summed E-state index contributed by atoms with van der Waals surface area (Å²) in [6.45, 7) is 5.03. The molecule has 0 aromatic heterocycles. The van der Waals surface area contributed by atoms with E-state index >= 15 is 0 Å². The van der Waals surface area contributed by atoms with E-state index in [2.05, 4.69) is 0 Å². The number of nitrogens with zero attached hydrogens (tertiary/aromatic N) is 2. The lowest BCUT2D eigenvalue weighted by atomic mass is 9.81. The average molecular weight is 503 g/mol. The van der Waals surface area contributed by atoms with Crippen LogP contribution in [0.5, 0.6) is 5.75 Å². The molecule has 2 aromatic carbocycles. The molecule has 0 bridgehead atoms. The Kier molecular flexibility index (Phi) is 5.60. The summed E-state index contributed by atoms with van der Waals surface area (Å²) in [7, 11) is 0. The molecule has 4 aliphatic heterocycles. The highest BCUT2D eigenvalue weighted by Crippen LogP contribution is 2.54. The molecule has 8 heteroatoms. The number of benzene rings is 2. The highest BCUT2D eigenvalue weighted by atomic mass is 16.5. The quantitative estimate of drug-likeness (QED) is 0.382. The zero-order chi connectivity index (χ0) is 25.9. The van der Waals surface area contributed by atoms with Crippen LogP contribution in [0.15, 0.2) is 48.0 Å². The molecule has 6 rings (SSSR count). The minimum Gasteiger partial charge on any atom is -0.507 e. The van der Waals surface area contributed by atoms with Gasteiger partial charge in [0.15, 0.2) is 5.54 Å². The Morgan fingerprint density at radius 3 is 2.73 bits per heavy atom. The molecule has 8 nitrogen and oxygen atoms in total. The molecule has 37 heavy (non-hydrogen) atoms. The van der Waals surface area contributed by atoms with Crippen molar-refractivity contribution in [2.45, 2.75) is 57.3 Å². The van der Waals surface area contributed by atoms with Crippen molar-refractivity contribution < 1.29 is 29.0 Å². The molecule has 1 N–H and O–H groups in total. The molecule has 3 unspecified atom stereocenters. The Morgan fingerprint density at radius 2 is 1.97 bits per heavy atom. The SMILES string of the molecule is CCCN1C(=O)C2(/C(=C(/O)c3ccc4c(c3)CC(C)O4)C(=O)C(=O)N2CC2CCCO2)c2ccccc21. The van der Waals surface area contributed by atoms with Crippen LogP contribution < -0.4 is 9.64 Å². The fourth-order valence-electron chi connectivity index (χ4n) is 6.27. The van der Waals surface area contributed by atoms with Gasteiger partial charge in [-0.25, -0.2) is 0 Å². The first-order valence-electron chi connectivity index (χ1n) is 13.0. The normalized spacial score (nSPS) is 27.8. The third-order valence-electron chi connectivity index (χ3n) is 7.84. The number of hydrogen-bond donors (Lipinski definition) is 1. The first-order valence-corrected chi connectivity index (χ1v) is 13.0. The lowest BCUT2D eigenvalue weighted by Gasteiger charge is -2.35. The van der Waals surface area contributed by atoms with E-state index in [1.54, 1.807) is 35.2 Å². The Labute approximate surface area is 215 Å². The van der Waals surface area contributed by atoms with Crippen LogP contribution in [0.1, 0.15) is 49.8 Å². The summed E-state index contributed by atoms with van der Waals surface area (Å²) >= 11 is 0. The number of para-hydroxylation sites is 1. The Balaban J connectivity index is 1.59. The van der Waals surface area contributed by atoms with Gasteiger partial charge in [-0.1, -0.05) is 25.1 Å². The molecule has 192 valence electrons. The number of aliphatic hydroxyl groups excluding tert-OH is 1. The molecule has 2 aromatic rings. The predicted octanol–water partition coefficient (Wildman–Crippen LogP) is 3.52. The Morgan fingerprint density at radius 1 is 1.16 bits per heavy atom. The monoisotopic (exact) mass is 502 g/mol. The molecule has 4 aliphatic rings. The number of likely N-dealkylation sites (tertiary alicyclic amines) is 1. The van der Waals surface area contributed by atoms with Gasteiger partial charge in [-0.3, -0.25) is 14.4 Å². The summed E-state index contributed by atoms with van der Waals surface area (Å²) in [5, 5.41) is 11.7. The van der Waals surface area contributed by atoms with Crippen molar-refractivity contribution in [1.82, 2.24) is 4.90 Å². The number of carbonyl (C=O) groups excluding carboxylic acids is 3. The molecule has 1 spiro atoms. The Hall–Kier alpha value is -3.65. The molecule has 2 fully saturated rings. The first kappa shape index (κ1) is 23.7. The highest BCUT2D eigenvalue weighted by molar-refractivity contribution is 6.50. The molecule has 0 aliphatic carbocycles. The van der Waals surface area contributed by atoms with E-state index in [9.17, 15) is 19.5 Å². The van der Waals surface area contributed by atoms with Gasteiger partial charge >= 0.3 is 0 Å². The molecule has 2 amide bonds. The van der Waals surface area contributed by atoms with Crippen molar-refractivity contribution in [2.24, 2.45) is 0 Å². The smallest absolute Gasteiger partial charge is 0.296 e. The zero-order valence-electron chi connectivity index (χ0n) is 21.0. The number of carbonyl (C=O) groups is 3. The van der Waals surface area contributed by atoms with E-state index in [0.717, 1.165) is 24.2 Å². The van der Waals surface area contributed by atoms with Gasteiger partial charge in [-0.15, -0.1) is 0 Å². The van der Waals surface area contributed by atoms with Crippen molar-refractivity contribution in [3.8, 4) is 5.75 Å². The highest BCUT2D eigenvalue weighted by Gasteiger charge is 2.67. The second-order valence-corrected chi connectivity index (χ2v) is 10.2. The van der Waals surface area contributed by atoms with E-state index in [1.807, 2.05) is 26.0 Å². The van der Waals surface area contributed by atoms with E-state index in [0.29, 0.717) is 42.8 Å². The maximum atomic E-state index is 14.4. The lowest BCUT2D eigenvalue weighted by Crippen LogP contribution is -2.53. The van der Waals surface area contributed by atoms with Gasteiger partial charge in [-0.05, 0) is 56.0 Å². The topological polar surface area (TPSA) is 96.4 Å². The fraction of sp³-hybridized carbons (Fsp3) is 0.414. The number of amides is 2. The fourth-order valence-corrected chi connectivity index (χ4v) is 6.27. The summed E-state index contributed by atoms with van der Waals surface area (Å²) < 4.78 is 11.6. The summed E-state index contributed by atoms with van der Waals surface area (Å²) in [4.78, 5) is 44.8. The predicted molar refractivity (Wildman–Crippen MR) is 136 cm³/mol. The Bertz CT molecular complexity index is 1340. The average Bonchev–Trinajstić information content (AvgIpc) is 3.64. The molecule has 4 heterocycles. The maximum Gasteiger partial charge on any atom is 0.296 e. The second kappa shape index (κ2) is 8.73. The van der Waals surface area contributed by atoms with Crippen LogP contribution in [-0.4, -0.2) is 59.5 Å². The number of ether oxygens (including phenoxy) is 2. The number of anilines is 1. The maximum absolute atomic E-state index is 14.4. The number of Topliss-reactive ketones (excluding diaryl/α,β-unsaturated/α-hetero) is 1. The number of rotatable bonds is 5. The minimum atomic E-state index is -1.75. The minimum absolute atomic E-state index is 0.00821. The number of ketones is 1. The second-order valence-electron chi connectivity index (χ2n) is 10.2. The van der Waals surface area contributed by atoms with Crippen LogP contribution in [0.2, 0.25) is 0 Å². The largest absolute Gasteiger partial charge is 0.507 e. The molecule has 3 atom stereocenters. The van der Waals surface area contributed by atoms with E-state index < -0.39 is 23.1 Å². The summed E-state index contributed by atoms with van der Waals surface area (Å²) in [5.74, 6) is -1.67. The van der Waals surface area contributed by atoms with Crippen LogP contribution in [0.3, 0.4) is 0 Å². The molecule has 2 saturated heterocycles. The number of hydrogen-bond acceptors (Lipinski definition) is 6. The molecule has 0 saturated carbocycles. The third kappa shape index (κ3) is 3.35. The van der Waals surface area contributed by atoms with Crippen molar-refractivity contribution in [3.05, 3.63) is 64.7 Å². The van der Waals surface area contributed by atoms with Gasteiger partial charge < -0.3 is 24.4 Å². The van der Waals surface area contributed by atoms with Crippen LogP contribution in [0.25, 0.3) is 5.76 Å². The van der Waals surface area contributed by atoms with Crippen LogP contribution in [-0.2, 0) is 31.1 Å². The lowest BCUT2D eigenvalue weighted by molar-refractivity contribution is -0.145. The van der Waals surface area contributed by atoms with Gasteiger partial charge in [-0.2, -0.15) is 0 Å². The van der Waals surface area contributed by atoms with Crippen molar-refractivity contribution in [3.63, 3.8) is 0 Å². The zero-order valence-corrected chi connectivity index (χ0v) is 21.0. The van der Waals surface area contributed by atoms with Crippen LogP contribution in [0.4, 0.5) is 5.69 Å². The van der Waals surface area contributed by atoms with Crippen molar-refractivity contribution in [1.29, 1.82) is 0 Å². The van der Waals surface area contributed by atoms with Crippen molar-refractivity contribution >= 4 is 29.0 Å². The molecular formula is C29H30N2O6. The van der Waals surface area contributed by atoms with Gasteiger partial charge in [0.1, 0.15) is 17.6 Å². The third-order valence-corrected chi connectivity index (χ3v) is 7.84.